The molecule has 0 fully saturated rings. The van der Waals surface area contributed by atoms with Crippen molar-refractivity contribution in [2.75, 3.05) is 6.61 Å². The van der Waals surface area contributed by atoms with Crippen LogP contribution in [0.4, 0.5) is 13.2 Å². The van der Waals surface area contributed by atoms with Crippen LogP contribution in [0.1, 0.15) is 12.1 Å². The quantitative estimate of drug-likeness (QED) is 0.788. The maximum Gasteiger partial charge on any atom is 0.294 e. The monoisotopic (exact) mass is 191 g/mol. The van der Waals surface area contributed by atoms with Gasteiger partial charge >= 0.3 is 0 Å². The molecule has 72 valence electrons. The van der Waals surface area contributed by atoms with Gasteiger partial charge in [-0.15, -0.1) is 0 Å². The highest BCUT2D eigenvalue weighted by Gasteiger charge is 2.35. The van der Waals surface area contributed by atoms with E-state index >= 15 is 0 Å². The minimum absolute atomic E-state index is 0.705. The third-order valence-electron chi connectivity index (χ3n) is 1.53. The lowest BCUT2D eigenvalue weighted by molar-refractivity contribution is -0.0342. The number of aliphatic hydroxyl groups is 1. The molecule has 0 aromatic carbocycles. The Bertz CT molecular complexity index is 290. The summed E-state index contributed by atoms with van der Waals surface area (Å²) in [5, 5.41) is 8.32. The Morgan fingerprint density at radius 3 is 2.69 bits per heavy atom. The summed E-state index contributed by atoms with van der Waals surface area (Å²) < 4.78 is 38.7. The second kappa shape index (κ2) is 3.74. The number of pyridine rings is 1. The van der Waals surface area contributed by atoms with E-state index in [9.17, 15) is 13.2 Å². The number of hydrogen-bond acceptors (Lipinski definition) is 2. The molecule has 0 amide bonds. The second-order valence-corrected chi connectivity index (χ2v) is 2.51. The van der Waals surface area contributed by atoms with Crippen LogP contribution in [-0.4, -0.2) is 16.7 Å². The summed E-state index contributed by atoms with van der Waals surface area (Å²) in [5.74, 6) is -4.46. The fraction of sp³-hybridized carbons (Fsp3) is 0.375. The van der Waals surface area contributed by atoms with E-state index in [1.165, 1.54) is 6.07 Å². The first-order chi connectivity index (χ1) is 6.08. The molecule has 0 bridgehead atoms. The van der Waals surface area contributed by atoms with Crippen molar-refractivity contribution in [1.82, 2.24) is 4.98 Å². The molecule has 0 saturated carbocycles. The van der Waals surface area contributed by atoms with Crippen LogP contribution in [0.15, 0.2) is 18.3 Å². The Morgan fingerprint density at radius 1 is 1.46 bits per heavy atom. The van der Waals surface area contributed by atoms with Gasteiger partial charge in [-0.05, 0) is 12.1 Å². The minimum atomic E-state index is -3.40. The van der Waals surface area contributed by atoms with Gasteiger partial charge in [0, 0.05) is 19.2 Å². The molecule has 1 rings (SSSR count). The van der Waals surface area contributed by atoms with Gasteiger partial charge in [0.2, 0.25) is 0 Å². The second-order valence-electron chi connectivity index (χ2n) is 2.51. The molecule has 0 aliphatic rings. The molecule has 5 heteroatoms. The van der Waals surface area contributed by atoms with Crippen molar-refractivity contribution in [2.24, 2.45) is 0 Å². The standard InChI is InChI=1S/C8H8F3NO/c9-6-2-1-4-12-7(6)8(10,11)3-5-13/h1-2,4,13H,3,5H2. The Morgan fingerprint density at radius 2 is 2.15 bits per heavy atom. The molecule has 0 radical (unpaired) electrons. The van der Waals surface area contributed by atoms with Crippen LogP contribution in [0.25, 0.3) is 0 Å². The average Bonchev–Trinajstić information content (AvgIpc) is 2.04. The number of nitrogens with zero attached hydrogens (tertiary/aromatic N) is 1. The summed E-state index contributed by atoms with van der Waals surface area (Å²) in [7, 11) is 0. The SMILES string of the molecule is OCCC(F)(F)c1ncccc1F. The van der Waals surface area contributed by atoms with Crippen molar-refractivity contribution >= 4 is 0 Å². The molecule has 0 aliphatic heterocycles. The fourth-order valence-electron chi connectivity index (χ4n) is 0.914. The van der Waals surface area contributed by atoms with Crippen LogP contribution in [0.3, 0.4) is 0 Å². The Balaban J connectivity index is 2.99. The lowest BCUT2D eigenvalue weighted by atomic mass is 10.1. The van der Waals surface area contributed by atoms with Crippen LogP contribution < -0.4 is 0 Å². The molecule has 0 aliphatic carbocycles. The Labute approximate surface area is 73.0 Å². The molecule has 13 heavy (non-hydrogen) atoms. The first-order valence-corrected chi connectivity index (χ1v) is 3.67. The first kappa shape index (κ1) is 9.98. The van der Waals surface area contributed by atoms with Crippen molar-refractivity contribution in [3.63, 3.8) is 0 Å². The van der Waals surface area contributed by atoms with Gasteiger partial charge in [-0.25, -0.2) is 4.39 Å². The lowest BCUT2D eigenvalue weighted by Crippen LogP contribution is -2.18. The molecule has 0 atom stereocenters. The fourth-order valence-corrected chi connectivity index (χ4v) is 0.914. The van der Waals surface area contributed by atoms with Gasteiger partial charge in [-0.2, -0.15) is 8.78 Å². The van der Waals surface area contributed by atoms with Gasteiger partial charge in [0.15, 0.2) is 5.82 Å². The van der Waals surface area contributed by atoms with Crippen molar-refractivity contribution in [3.05, 3.63) is 29.8 Å². The third-order valence-corrected chi connectivity index (χ3v) is 1.53. The van der Waals surface area contributed by atoms with Gasteiger partial charge in [-0.1, -0.05) is 0 Å². The highest BCUT2D eigenvalue weighted by atomic mass is 19.3. The maximum atomic E-state index is 13.0. The number of halogens is 3. The smallest absolute Gasteiger partial charge is 0.294 e. The zero-order valence-corrected chi connectivity index (χ0v) is 6.67. The Kier molecular flexibility index (Phi) is 2.87. The number of rotatable bonds is 3. The normalized spacial score (nSPS) is 11.7. The van der Waals surface area contributed by atoms with E-state index in [2.05, 4.69) is 4.98 Å². The third kappa shape index (κ3) is 2.18. The van der Waals surface area contributed by atoms with E-state index < -0.39 is 30.5 Å². The average molecular weight is 191 g/mol. The summed E-state index contributed by atoms with van der Waals surface area (Å²) >= 11 is 0. The van der Waals surface area contributed by atoms with Crippen LogP contribution in [0.5, 0.6) is 0 Å². The number of aliphatic hydroxyl groups excluding tert-OH is 1. The molecule has 1 heterocycles. The number of aromatic nitrogens is 1. The van der Waals surface area contributed by atoms with Gasteiger partial charge in [0.25, 0.3) is 5.92 Å². The van der Waals surface area contributed by atoms with Crippen LogP contribution >= 0.6 is 0 Å². The summed E-state index contributed by atoms with van der Waals surface area (Å²) in [4.78, 5) is 3.23. The zero-order valence-electron chi connectivity index (χ0n) is 6.67. The van der Waals surface area contributed by atoms with Gasteiger partial charge in [-0.3, -0.25) is 4.98 Å². The number of alkyl halides is 2. The molecule has 0 unspecified atom stereocenters. The topological polar surface area (TPSA) is 33.1 Å². The minimum Gasteiger partial charge on any atom is -0.396 e. The summed E-state index contributed by atoms with van der Waals surface area (Å²) in [6.45, 7) is -0.705. The molecule has 1 N–H and O–H groups in total. The predicted octanol–water partition coefficient (Wildman–Crippen LogP) is 1.69. The van der Waals surface area contributed by atoms with Crippen molar-refractivity contribution in [1.29, 1.82) is 0 Å². The summed E-state index contributed by atoms with van der Waals surface area (Å²) in [6, 6.07) is 2.14. The van der Waals surface area contributed by atoms with Gasteiger partial charge in [0.1, 0.15) is 5.69 Å². The molecular formula is C8H8F3NO. The van der Waals surface area contributed by atoms with E-state index in [1.54, 1.807) is 0 Å². The van der Waals surface area contributed by atoms with Gasteiger partial charge < -0.3 is 5.11 Å². The highest BCUT2D eigenvalue weighted by Crippen LogP contribution is 2.30. The molecule has 1 aromatic rings. The van der Waals surface area contributed by atoms with E-state index in [4.69, 9.17) is 5.11 Å². The van der Waals surface area contributed by atoms with Crippen LogP contribution in [0, 0.1) is 5.82 Å². The zero-order chi connectivity index (χ0) is 9.90. The Hall–Kier alpha value is -1.10. The predicted molar refractivity (Wildman–Crippen MR) is 39.8 cm³/mol. The molecule has 2 nitrogen and oxygen atoms in total. The van der Waals surface area contributed by atoms with E-state index in [-0.39, 0.29) is 0 Å². The molecule has 1 aromatic heterocycles. The van der Waals surface area contributed by atoms with Crippen molar-refractivity contribution in [3.8, 4) is 0 Å². The molecule has 0 saturated heterocycles. The van der Waals surface area contributed by atoms with E-state index in [0.717, 1.165) is 12.3 Å². The first-order valence-electron chi connectivity index (χ1n) is 3.67. The number of hydrogen-bond donors (Lipinski definition) is 1. The highest BCUT2D eigenvalue weighted by molar-refractivity contribution is 5.12. The largest absolute Gasteiger partial charge is 0.396 e. The van der Waals surface area contributed by atoms with E-state index in [1.807, 2.05) is 0 Å². The summed E-state index contributed by atoms with van der Waals surface area (Å²) in [5.41, 5.74) is -0.913. The lowest BCUT2D eigenvalue weighted by Gasteiger charge is -2.14. The molecule has 0 spiro atoms. The van der Waals surface area contributed by atoms with Crippen molar-refractivity contribution in [2.45, 2.75) is 12.3 Å². The molecular weight excluding hydrogens is 183 g/mol. The van der Waals surface area contributed by atoms with Crippen LogP contribution in [0.2, 0.25) is 0 Å². The van der Waals surface area contributed by atoms with Crippen LogP contribution in [-0.2, 0) is 5.92 Å². The maximum absolute atomic E-state index is 13.0. The van der Waals surface area contributed by atoms with Crippen molar-refractivity contribution < 1.29 is 18.3 Å². The van der Waals surface area contributed by atoms with Gasteiger partial charge in [0.05, 0.1) is 0 Å². The van der Waals surface area contributed by atoms with E-state index in [0.29, 0.717) is 0 Å². The summed E-state index contributed by atoms with van der Waals surface area (Å²) in [6.07, 6.45) is 0.268.